The number of hydrogen-bond donors (Lipinski definition) is 2. The van der Waals surface area contributed by atoms with Gasteiger partial charge in [-0.3, -0.25) is 10.1 Å². The van der Waals surface area contributed by atoms with Crippen LogP contribution in [0.5, 0.6) is 0 Å². The van der Waals surface area contributed by atoms with Crippen LogP contribution in [0.2, 0.25) is 5.02 Å². The Morgan fingerprint density at radius 1 is 1.22 bits per heavy atom. The normalized spacial score (nSPS) is 11.4. The van der Waals surface area contributed by atoms with Gasteiger partial charge in [-0.2, -0.15) is 13.2 Å². The Kier molecular flexibility index (Phi) is 5.29. The molecule has 0 aliphatic heterocycles. The molecule has 0 atom stereocenters. The molecule has 3 N–H and O–H groups in total. The number of nitrogens with two attached hydrogens (primary N) is 1. The number of rotatable bonds is 4. The van der Waals surface area contributed by atoms with E-state index in [1.807, 2.05) is 0 Å². The highest BCUT2D eigenvalue weighted by atomic mass is 35.5. The first kappa shape index (κ1) is 19.1. The van der Waals surface area contributed by atoms with Crippen molar-refractivity contribution in [2.45, 2.75) is 12.6 Å². The first-order valence-corrected chi connectivity index (χ1v) is 8.61. The standard InChI is InChI=1S/C16H11ClF3N5OS/c17-11-2-1-9(16(18,19)20)5-8(11)6-10-7-24-15(27-10)25-14(26)12-13(21)23-4-3-22-12/h1-5,7H,6H2,(H2,21,23)(H,24,25,26). The Balaban J connectivity index is 1.75. The molecule has 0 spiro atoms. The van der Waals surface area contributed by atoms with Gasteiger partial charge >= 0.3 is 6.18 Å². The van der Waals surface area contributed by atoms with Crippen LogP contribution in [-0.2, 0) is 12.6 Å². The van der Waals surface area contributed by atoms with Crippen molar-refractivity contribution in [1.29, 1.82) is 0 Å². The summed E-state index contributed by atoms with van der Waals surface area (Å²) in [5.41, 5.74) is 5.08. The minimum absolute atomic E-state index is 0.0254. The fraction of sp³-hybridized carbons (Fsp3) is 0.125. The number of nitrogens with one attached hydrogen (secondary N) is 1. The topological polar surface area (TPSA) is 93.8 Å². The van der Waals surface area contributed by atoms with E-state index in [0.29, 0.717) is 10.4 Å². The van der Waals surface area contributed by atoms with Gasteiger partial charge < -0.3 is 5.73 Å². The molecule has 0 fully saturated rings. The van der Waals surface area contributed by atoms with Crippen molar-refractivity contribution in [3.05, 3.63) is 63.5 Å². The van der Waals surface area contributed by atoms with E-state index in [-0.39, 0.29) is 28.1 Å². The number of benzene rings is 1. The van der Waals surface area contributed by atoms with Crippen LogP contribution in [0.15, 0.2) is 36.8 Å². The molecule has 27 heavy (non-hydrogen) atoms. The van der Waals surface area contributed by atoms with Gasteiger partial charge in [0.05, 0.1) is 5.56 Å². The van der Waals surface area contributed by atoms with E-state index in [1.165, 1.54) is 24.7 Å². The minimum atomic E-state index is -4.46. The van der Waals surface area contributed by atoms with Crippen molar-refractivity contribution in [2.24, 2.45) is 0 Å². The van der Waals surface area contributed by atoms with Crippen molar-refractivity contribution >= 4 is 39.8 Å². The van der Waals surface area contributed by atoms with Crippen molar-refractivity contribution < 1.29 is 18.0 Å². The predicted molar refractivity (Wildman–Crippen MR) is 95.8 cm³/mol. The number of nitrogens with zero attached hydrogens (tertiary/aromatic N) is 3. The fourth-order valence-electron chi connectivity index (χ4n) is 2.20. The number of alkyl halides is 3. The molecule has 1 amide bonds. The van der Waals surface area contributed by atoms with Crippen LogP contribution in [0.1, 0.15) is 26.5 Å². The van der Waals surface area contributed by atoms with E-state index in [1.54, 1.807) is 0 Å². The van der Waals surface area contributed by atoms with E-state index in [4.69, 9.17) is 17.3 Å². The maximum Gasteiger partial charge on any atom is 0.416 e. The second-order valence-electron chi connectivity index (χ2n) is 5.36. The van der Waals surface area contributed by atoms with Crippen LogP contribution in [0.25, 0.3) is 0 Å². The van der Waals surface area contributed by atoms with Crippen LogP contribution in [0.4, 0.5) is 24.1 Å². The van der Waals surface area contributed by atoms with E-state index >= 15 is 0 Å². The molecule has 0 aliphatic rings. The van der Waals surface area contributed by atoms with Crippen LogP contribution in [-0.4, -0.2) is 20.9 Å². The summed E-state index contributed by atoms with van der Waals surface area (Å²) in [7, 11) is 0. The van der Waals surface area contributed by atoms with Gasteiger partial charge in [0, 0.05) is 34.9 Å². The second-order valence-corrected chi connectivity index (χ2v) is 6.88. The lowest BCUT2D eigenvalue weighted by Gasteiger charge is -2.09. The van der Waals surface area contributed by atoms with Gasteiger partial charge in [0.25, 0.3) is 5.91 Å². The molecular formula is C16H11ClF3N5OS. The Hall–Kier alpha value is -2.72. The Morgan fingerprint density at radius 2 is 1.96 bits per heavy atom. The first-order valence-electron chi connectivity index (χ1n) is 7.42. The summed E-state index contributed by atoms with van der Waals surface area (Å²) in [6, 6.07) is 3.14. The van der Waals surface area contributed by atoms with Gasteiger partial charge in [-0.15, -0.1) is 11.3 Å². The van der Waals surface area contributed by atoms with Crippen LogP contribution in [0.3, 0.4) is 0 Å². The van der Waals surface area contributed by atoms with Crippen molar-refractivity contribution in [2.75, 3.05) is 11.1 Å². The zero-order valence-corrected chi connectivity index (χ0v) is 15.0. The van der Waals surface area contributed by atoms with Crippen LogP contribution < -0.4 is 11.1 Å². The van der Waals surface area contributed by atoms with Gasteiger partial charge in [-0.05, 0) is 23.8 Å². The molecule has 6 nitrogen and oxygen atoms in total. The summed E-state index contributed by atoms with van der Waals surface area (Å²) >= 11 is 7.11. The quantitative estimate of drug-likeness (QED) is 0.673. The highest BCUT2D eigenvalue weighted by Gasteiger charge is 2.31. The van der Waals surface area contributed by atoms with Gasteiger partial charge in [-0.25, -0.2) is 15.0 Å². The van der Waals surface area contributed by atoms with Crippen molar-refractivity contribution in [3.63, 3.8) is 0 Å². The van der Waals surface area contributed by atoms with E-state index < -0.39 is 17.6 Å². The number of aromatic nitrogens is 3. The lowest BCUT2D eigenvalue weighted by molar-refractivity contribution is -0.137. The molecule has 0 saturated carbocycles. The number of thiazole rings is 1. The van der Waals surface area contributed by atoms with E-state index in [0.717, 1.165) is 23.5 Å². The van der Waals surface area contributed by atoms with Gasteiger partial charge in [0.2, 0.25) is 0 Å². The number of halogens is 4. The third-order valence-electron chi connectivity index (χ3n) is 3.45. The van der Waals surface area contributed by atoms with Gasteiger partial charge in [0.15, 0.2) is 16.6 Å². The lowest BCUT2D eigenvalue weighted by Crippen LogP contribution is -2.16. The number of anilines is 2. The van der Waals surface area contributed by atoms with E-state index in [9.17, 15) is 18.0 Å². The summed E-state index contributed by atoms with van der Waals surface area (Å²) in [5.74, 6) is -0.610. The zero-order valence-electron chi connectivity index (χ0n) is 13.4. The molecule has 0 aliphatic carbocycles. The Bertz CT molecular complexity index is 992. The van der Waals surface area contributed by atoms with Crippen molar-refractivity contribution in [3.8, 4) is 0 Å². The van der Waals surface area contributed by atoms with Crippen LogP contribution in [0, 0.1) is 0 Å². The molecular weight excluding hydrogens is 403 g/mol. The lowest BCUT2D eigenvalue weighted by atomic mass is 10.1. The van der Waals surface area contributed by atoms with Crippen molar-refractivity contribution in [1.82, 2.24) is 15.0 Å². The fourth-order valence-corrected chi connectivity index (χ4v) is 3.22. The van der Waals surface area contributed by atoms with E-state index in [2.05, 4.69) is 20.3 Å². The molecule has 3 rings (SSSR count). The van der Waals surface area contributed by atoms with Crippen LogP contribution >= 0.6 is 22.9 Å². The molecule has 3 aromatic rings. The number of nitrogen functional groups attached to an aromatic ring is 1. The Morgan fingerprint density at radius 3 is 2.67 bits per heavy atom. The average molecular weight is 414 g/mol. The molecule has 0 radical (unpaired) electrons. The predicted octanol–water partition coefficient (Wildman–Crippen LogP) is 4.03. The minimum Gasteiger partial charge on any atom is -0.382 e. The Labute approximate surface area is 160 Å². The summed E-state index contributed by atoms with van der Waals surface area (Å²) in [4.78, 5) is 24.4. The van der Waals surface area contributed by atoms with Gasteiger partial charge in [0.1, 0.15) is 0 Å². The molecule has 11 heteroatoms. The average Bonchev–Trinajstić information content (AvgIpc) is 3.03. The summed E-state index contributed by atoms with van der Waals surface area (Å²) < 4.78 is 38.6. The number of amides is 1. The number of carbonyl (C=O) groups excluding carboxylic acids is 1. The molecule has 2 heterocycles. The maximum atomic E-state index is 12.9. The first-order chi connectivity index (χ1) is 12.7. The summed E-state index contributed by atoms with van der Waals surface area (Å²) in [6.07, 6.45) is -0.177. The molecule has 0 saturated heterocycles. The summed E-state index contributed by atoms with van der Waals surface area (Å²) in [5, 5.41) is 3.00. The SMILES string of the molecule is Nc1nccnc1C(=O)Nc1ncc(Cc2cc(C(F)(F)F)ccc2Cl)s1. The molecule has 0 bridgehead atoms. The largest absolute Gasteiger partial charge is 0.416 e. The second kappa shape index (κ2) is 7.49. The maximum absolute atomic E-state index is 12.9. The molecule has 1 aromatic carbocycles. The molecule has 140 valence electrons. The summed E-state index contributed by atoms with van der Waals surface area (Å²) in [6.45, 7) is 0. The number of carbonyl (C=O) groups is 1. The third-order valence-corrected chi connectivity index (χ3v) is 4.73. The molecule has 2 aromatic heterocycles. The highest BCUT2D eigenvalue weighted by Crippen LogP contribution is 2.33. The monoisotopic (exact) mass is 413 g/mol. The third kappa shape index (κ3) is 4.52. The molecule has 0 unspecified atom stereocenters. The number of hydrogen-bond acceptors (Lipinski definition) is 6. The zero-order chi connectivity index (χ0) is 19.6. The van der Waals surface area contributed by atoms with Gasteiger partial charge in [-0.1, -0.05) is 11.6 Å². The highest BCUT2D eigenvalue weighted by molar-refractivity contribution is 7.15. The smallest absolute Gasteiger partial charge is 0.382 e.